The third-order valence-corrected chi connectivity index (χ3v) is 3.17. The lowest BCUT2D eigenvalue weighted by Crippen LogP contribution is -2.37. The van der Waals surface area contributed by atoms with E-state index in [1.54, 1.807) is 49.4 Å². The minimum absolute atomic E-state index is 0.0583. The van der Waals surface area contributed by atoms with E-state index in [1.807, 2.05) is 0 Å². The molecule has 6 nitrogen and oxygen atoms in total. The van der Waals surface area contributed by atoms with E-state index < -0.39 is 11.8 Å². The molecule has 2 amide bonds. The Hall–Kier alpha value is -3.22. The number of amides is 2. The van der Waals surface area contributed by atoms with Gasteiger partial charge >= 0.3 is 11.8 Å². The van der Waals surface area contributed by atoms with Gasteiger partial charge in [0.05, 0.1) is 6.21 Å². The molecule has 0 unspecified atom stereocenters. The van der Waals surface area contributed by atoms with Gasteiger partial charge in [-0.3, -0.25) is 9.59 Å². The standard InChI is InChI=1S/C18H18FN3O3/c1-2-20-17(23)18(24)22-21-11-13-7-4-6-10-16(13)25-12-14-8-3-5-9-15(14)19/h3-11H,2,12H2,1H3,(H,20,23)(H,22,24)/b21-11-. The molecule has 2 rings (SSSR count). The highest BCUT2D eigenvalue weighted by molar-refractivity contribution is 6.35. The van der Waals surface area contributed by atoms with Gasteiger partial charge in [0.25, 0.3) is 0 Å². The van der Waals surface area contributed by atoms with Crippen molar-refractivity contribution in [1.82, 2.24) is 10.7 Å². The molecule has 0 fully saturated rings. The maximum Gasteiger partial charge on any atom is 0.329 e. The summed E-state index contributed by atoms with van der Waals surface area (Å²) in [5, 5.41) is 6.10. The molecule has 0 radical (unpaired) electrons. The summed E-state index contributed by atoms with van der Waals surface area (Å²) in [6.45, 7) is 2.11. The molecule has 25 heavy (non-hydrogen) atoms. The Kier molecular flexibility index (Phi) is 6.65. The van der Waals surface area contributed by atoms with Crippen LogP contribution in [0.1, 0.15) is 18.1 Å². The van der Waals surface area contributed by atoms with E-state index in [1.165, 1.54) is 12.3 Å². The number of likely N-dealkylation sites (N-methyl/N-ethyl adjacent to an activating group) is 1. The van der Waals surface area contributed by atoms with Crippen molar-refractivity contribution >= 4 is 18.0 Å². The number of carbonyl (C=O) groups excluding carboxylic acids is 2. The number of carbonyl (C=O) groups is 2. The highest BCUT2D eigenvalue weighted by atomic mass is 19.1. The van der Waals surface area contributed by atoms with Crippen LogP contribution >= 0.6 is 0 Å². The topological polar surface area (TPSA) is 79.8 Å². The molecule has 0 bridgehead atoms. The fourth-order valence-electron chi connectivity index (χ4n) is 1.94. The molecule has 2 aromatic carbocycles. The number of nitrogens with zero attached hydrogens (tertiary/aromatic N) is 1. The zero-order valence-corrected chi connectivity index (χ0v) is 13.7. The molecule has 0 spiro atoms. The first-order chi connectivity index (χ1) is 12.1. The van der Waals surface area contributed by atoms with Crippen LogP contribution in [0.25, 0.3) is 0 Å². The van der Waals surface area contributed by atoms with Crippen LogP contribution in [0.4, 0.5) is 4.39 Å². The number of para-hydroxylation sites is 1. The molecule has 0 aromatic heterocycles. The number of nitrogens with one attached hydrogen (secondary N) is 2. The fraction of sp³-hybridized carbons (Fsp3) is 0.167. The highest BCUT2D eigenvalue weighted by Gasteiger charge is 2.10. The van der Waals surface area contributed by atoms with Crippen molar-refractivity contribution in [3.05, 3.63) is 65.5 Å². The van der Waals surface area contributed by atoms with Gasteiger partial charge in [0, 0.05) is 17.7 Å². The van der Waals surface area contributed by atoms with E-state index in [0.717, 1.165) is 0 Å². The predicted octanol–water partition coefficient (Wildman–Crippen LogP) is 1.99. The molecule has 0 saturated heterocycles. The third kappa shape index (κ3) is 5.42. The first-order valence-corrected chi connectivity index (χ1v) is 7.68. The highest BCUT2D eigenvalue weighted by Crippen LogP contribution is 2.18. The van der Waals surface area contributed by atoms with Gasteiger partial charge in [-0.25, -0.2) is 9.82 Å². The van der Waals surface area contributed by atoms with E-state index in [2.05, 4.69) is 15.8 Å². The summed E-state index contributed by atoms with van der Waals surface area (Å²) in [6.07, 6.45) is 1.35. The Bertz CT molecular complexity index is 778. The smallest absolute Gasteiger partial charge is 0.329 e. The number of rotatable bonds is 6. The molecule has 130 valence electrons. The van der Waals surface area contributed by atoms with E-state index in [9.17, 15) is 14.0 Å². The lowest BCUT2D eigenvalue weighted by atomic mass is 10.2. The van der Waals surface area contributed by atoms with Crippen molar-refractivity contribution in [2.24, 2.45) is 5.10 Å². The van der Waals surface area contributed by atoms with Crippen LogP contribution in [-0.2, 0) is 16.2 Å². The van der Waals surface area contributed by atoms with Gasteiger partial charge in [-0.15, -0.1) is 0 Å². The lowest BCUT2D eigenvalue weighted by Gasteiger charge is -2.09. The quantitative estimate of drug-likeness (QED) is 0.478. The van der Waals surface area contributed by atoms with Gasteiger partial charge in [0.2, 0.25) is 0 Å². The Balaban J connectivity index is 2.00. The monoisotopic (exact) mass is 343 g/mol. The molecule has 0 saturated carbocycles. The summed E-state index contributed by atoms with van der Waals surface area (Å²) >= 11 is 0. The van der Waals surface area contributed by atoms with Gasteiger partial charge in [-0.2, -0.15) is 5.10 Å². The van der Waals surface area contributed by atoms with Gasteiger partial charge in [0.15, 0.2) is 0 Å². The molecule has 0 aliphatic rings. The van der Waals surface area contributed by atoms with Crippen molar-refractivity contribution in [2.45, 2.75) is 13.5 Å². The summed E-state index contributed by atoms with van der Waals surface area (Å²) in [6, 6.07) is 13.3. The summed E-state index contributed by atoms with van der Waals surface area (Å²) in [5.41, 5.74) is 3.14. The van der Waals surface area contributed by atoms with Crippen molar-refractivity contribution < 1.29 is 18.7 Å². The maximum atomic E-state index is 13.6. The van der Waals surface area contributed by atoms with Crippen LogP contribution in [0.5, 0.6) is 5.75 Å². The fourth-order valence-corrected chi connectivity index (χ4v) is 1.94. The van der Waals surface area contributed by atoms with Gasteiger partial charge in [-0.1, -0.05) is 30.3 Å². The molecule has 0 heterocycles. The zero-order chi connectivity index (χ0) is 18.1. The number of ether oxygens (including phenoxy) is 1. The van der Waals surface area contributed by atoms with Crippen LogP contribution in [-0.4, -0.2) is 24.6 Å². The average Bonchev–Trinajstić information content (AvgIpc) is 2.62. The molecule has 7 heteroatoms. The van der Waals surface area contributed by atoms with E-state index >= 15 is 0 Å². The van der Waals surface area contributed by atoms with Crippen molar-refractivity contribution in [1.29, 1.82) is 0 Å². The molecular formula is C18H18FN3O3. The van der Waals surface area contributed by atoms with Gasteiger partial charge in [0.1, 0.15) is 18.2 Å². The van der Waals surface area contributed by atoms with E-state index in [4.69, 9.17) is 4.74 Å². The summed E-state index contributed by atoms with van der Waals surface area (Å²) in [4.78, 5) is 22.7. The van der Waals surface area contributed by atoms with Crippen molar-refractivity contribution in [2.75, 3.05) is 6.54 Å². The average molecular weight is 343 g/mol. The van der Waals surface area contributed by atoms with Crippen molar-refractivity contribution in [3.63, 3.8) is 0 Å². The number of hydrogen-bond donors (Lipinski definition) is 2. The predicted molar refractivity (Wildman–Crippen MR) is 91.6 cm³/mol. The molecule has 2 N–H and O–H groups in total. The number of benzene rings is 2. The Morgan fingerprint density at radius 1 is 1.12 bits per heavy atom. The number of hydrogen-bond acceptors (Lipinski definition) is 4. The second-order valence-electron chi connectivity index (χ2n) is 4.98. The normalized spacial score (nSPS) is 10.5. The van der Waals surface area contributed by atoms with Crippen LogP contribution in [0.3, 0.4) is 0 Å². The maximum absolute atomic E-state index is 13.6. The largest absolute Gasteiger partial charge is 0.488 e. The van der Waals surface area contributed by atoms with Crippen LogP contribution in [0.15, 0.2) is 53.6 Å². The van der Waals surface area contributed by atoms with Crippen LogP contribution < -0.4 is 15.5 Å². The van der Waals surface area contributed by atoms with Crippen LogP contribution in [0.2, 0.25) is 0 Å². The molecule has 0 aliphatic heterocycles. The molecule has 0 atom stereocenters. The molecule has 0 aliphatic carbocycles. The van der Waals surface area contributed by atoms with Gasteiger partial charge in [-0.05, 0) is 25.1 Å². The minimum Gasteiger partial charge on any atom is -0.488 e. The lowest BCUT2D eigenvalue weighted by molar-refractivity contribution is -0.139. The second-order valence-corrected chi connectivity index (χ2v) is 4.98. The van der Waals surface area contributed by atoms with Gasteiger partial charge < -0.3 is 10.1 Å². The molecular weight excluding hydrogens is 325 g/mol. The summed E-state index contributed by atoms with van der Waals surface area (Å²) in [5.74, 6) is -1.49. The Morgan fingerprint density at radius 2 is 1.84 bits per heavy atom. The van der Waals surface area contributed by atoms with Crippen LogP contribution in [0, 0.1) is 5.82 Å². The number of hydrazone groups is 1. The number of halogens is 1. The van der Waals surface area contributed by atoms with Crippen molar-refractivity contribution in [3.8, 4) is 5.75 Å². The second kappa shape index (κ2) is 9.17. The Labute approximate surface area is 144 Å². The van der Waals surface area contributed by atoms with E-state index in [-0.39, 0.29) is 12.4 Å². The first kappa shape index (κ1) is 18.1. The Morgan fingerprint density at radius 3 is 2.60 bits per heavy atom. The zero-order valence-electron chi connectivity index (χ0n) is 13.7. The minimum atomic E-state index is -0.858. The third-order valence-electron chi connectivity index (χ3n) is 3.17. The van der Waals surface area contributed by atoms with E-state index in [0.29, 0.717) is 23.4 Å². The summed E-state index contributed by atoms with van der Waals surface area (Å²) < 4.78 is 19.3. The summed E-state index contributed by atoms with van der Waals surface area (Å²) in [7, 11) is 0. The first-order valence-electron chi connectivity index (χ1n) is 7.68. The molecule has 2 aromatic rings. The SMILES string of the molecule is CCNC(=O)C(=O)N/N=C\c1ccccc1OCc1ccccc1F.